The lowest BCUT2D eigenvalue weighted by Gasteiger charge is -2.13. The van der Waals surface area contributed by atoms with Crippen molar-refractivity contribution in [1.29, 1.82) is 0 Å². The molecule has 3 aromatic rings. The second-order valence-electron chi connectivity index (χ2n) is 6.91. The van der Waals surface area contributed by atoms with Crippen molar-refractivity contribution in [3.8, 4) is 28.7 Å². The van der Waals surface area contributed by atoms with E-state index >= 15 is 0 Å². The van der Waals surface area contributed by atoms with Crippen molar-refractivity contribution in [3.63, 3.8) is 0 Å². The molecule has 10 nitrogen and oxygen atoms in total. The van der Waals surface area contributed by atoms with E-state index in [1.54, 1.807) is 36.4 Å². The van der Waals surface area contributed by atoms with Crippen LogP contribution in [0.1, 0.15) is 27.4 Å². The van der Waals surface area contributed by atoms with Gasteiger partial charge < -0.3 is 34.4 Å². The number of nitrogens with zero attached hydrogens (tertiary/aromatic N) is 1. The quantitative estimate of drug-likeness (QED) is 0.447. The molecule has 0 atom stereocenters. The summed E-state index contributed by atoms with van der Waals surface area (Å²) < 4.78 is 21.1. The first-order valence-corrected chi connectivity index (χ1v) is 9.92. The fourth-order valence-corrected chi connectivity index (χ4v) is 3.29. The van der Waals surface area contributed by atoms with E-state index in [1.807, 2.05) is 0 Å². The first kappa shape index (κ1) is 23.5. The van der Waals surface area contributed by atoms with Crippen LogP contribution in [-0.4, -0.2) is 49.4 Å². The molecule has 174 valence electrons. The van der Waals surface area contributed by atoms with Crippen LogP contribution in [-0.2, 0) is 13.0 Å². The average Bonchev–Trinajstić information content (AvgIpc) is 2.83. The Bertz CT molecular complexity index is 1210. The number of aromatic nitrogens is 2. The van der Waals surface area contributed by atoms with Crippen molar-refractivity contribution in [2.75, 3.05) is 28.4 Å². The van der Waals surface area contributed by atoms with Crippen LogP contribution in [0.15, 0.2) is 41.2 Å². The number of carbonyl (C=O) groups is 1. The number of amides is 1. The zero-order valence-corrected chi connectivity index (χ0v) is 18.7. The number of methoxy groups -OCH3 is 4. The van der Waals surface area contributed by atoms with Crippen molar-refractivity contribution in [2.45, 2.75) is 13.0 Å². The van der Waals surface area contributed by atoms with Gasteiger partial charge in [-0.25, -0.2) is 4.98 Å². The summed E-state index contributed by atoms with van der Waals surface area (Å²) in [6.45, 7) is 0.0676. The van der Waals surface area contributed by atoms with Crippen LogP contribution in [0.2, 0.25) is 0 Å². The van der Waals surface area contributed by atoms with E-state index in [2.05, 4.69) is 15.3 Å². The topological polar surface area (TPSA) is 132 Å². The van der Waals surface area contributed by atoms with Gasteiger partial charge in [0.1, 0.15) is 5.82 Å². The smallest absolute Gasteiger partial charge is 0.293 e. The predicted molar refractivity (Wildman–Crippen MR) is 120 cm³/mol. The third-order valence-corrected chi connectivity index (χ3v) is 4.90. The zero-order valence-electron chi connectivity index (χ0n) is 18.7. The van der Waals surface area contributed by atoms with Crippen molar-refractivity contribution < 1.29 is 28.8 Å². The summed E-state index contributed by atoms with van der Waals surface area (Å²) in [6.07, 6.45) is 0.194. The molecule has 0 aliphatic carbocycles. The molecule has 1 aromatic heterocycles. The Morgan fingerprint density at radius 1 is 1.00 bits per heavy atom. The minimum atomic E-state index is -0.815. The van der Waals surface area contributed by atoms with E-state index in [1.165, 1.54) is 28.4 Å². The van der Waals surface area contributed by atoms with Gasteiger partial charge in [0.05, 0.1) is 28.4 Å². The van der Waals surface area contributed by atoms with Crippen molar-refractivity contribution >= 4 is 5.91 Å². The Balaban J connectivity index is 1.83. The Kier molecular flexibility index (Phi) is 7.39. The summed E-state index contributed by atoms with van der Waals surface area (Å²) in [5.41, 5.74) is 0.217. The van der Waals surface area contributed by atoms with Crippen LogP contribution in [0, 0.1) is 0 Å². The van der Waals surface area contributed by atoms with Crippen LogP contribution in [0.5, 0.6) is 28.7 Å². The van der Waals surface area contributed by atoms with E-state index in [9.17, 15) is 14.7 Å². The monoisotopic (exact) mass is 455 g/mol. The summed E-state index contributed by atoms with van der Waals surface area (Å²) in [5.74, 6) is 0.784. The SMILES string of the molecule is COc1ccc(Cc2nc(C(=O)NCc3cccc(OC)c3OC)c(O)c(=O)[nH]2)cc1OC. The number of hydrogen-bond donors (Lipinski definition) is 3. The lowest BCUT2D eigenvalue weighted by atomic mass is 10.1. The number of benzene rings is 2. The molecule has 0 fully saturated rings. The zero-order chi connectivity index (χ0) is 24.0. The predicted octanol–water partition coefficient (Wildman–Crippen LogP) is 2.03. The molecule has 3 rings (SSSR count). The van der Waals surface area contributed by atoms with Crippen LogP contribution >= 0.6 is 0 Å². The van der Waals surface area contributed by atoms with Gasteiger partial charge in [0.25, 0.3) is 11.5 Å². The van der Waals surface area contributed by atoms with Gasteiger partial charge in [0, 0.05) is 18.5 Å². The number of ether oxygens (including phenoxy) is 4. The fourth-order valence-electron chi connectivity index (χ4n) is 3.29. The second kappa shape index (κ2) is 10.4. The van der Waals surface area contributed by atoms with Crippen molar-refractivity contribution in [3.05, 3.63) is 69.4 Å². The van der Waals surface area contributed by atoms with E-state index < -0.39 is 17.2 Å². The van der Waals surface area contributed by atoms with Crippen LogP contribution < -0.4 is 29.8 Å². The van der Waals surface area contributed by atoms with E-state index in [0.29, 0.717) is 28.6 Å². The normalized spacial score (nSPS) is 10.4. The number of hydrogen-bond acceptors (Lipinski definition) is 8. The molecule has 1 heterocycles. The van der Waals surface area contributed by atoms with E-state index in [-0.39, 0.29) is 24.5 Å². The van der Waals surface area contributed by atoms with Gasteiger partial charge in [0.15, 0.2) is 28.7 Å². The van der Waals surface area contributed by atoms with Gasteiger partial charge in [-0.2, -0.15) is 0 Å². The summed E-state index contributed by atoms with van der Waals surface area (Å²) in [4.78, 5) is 31.6. The number of carbonyl (C=O) groups excluding carboxylic acids is 1. The Morgan fingerprint density at radius 2 is 1.73 bits per heavy atom. The molecule has 2 aromatic carbocycles. The highest BCUT2D eigenvalue weighted by Gasteiger charge is 2.19. The maximum Gasteiger partial charge on any atom is 0.293 e. The van der Waals surface area contributed by atoms with Gasteiger partial charge in [-0.05, 0) is 23.8 Å². The number of H-pyrrole nitrogens is 1. The van der Waals surface area contributed by atoms with Crippen molar-refractivity contribution in [2.24, 2.45) is 0 Å². The number of nitrogens with one attached hydrogen (secondary N) is 2. The highest BCUT2D eigenvalue weighted by molar-refractivity contribution is 5.94. The van der Waals surface area contributed by atoms with Crippen LogP contribution in [0.4, 0.5) is 0 Å². The molecule has 33 heavy (non-hydrogen) atoms. The molecule has 0 saturated carbocycles. The van der Waals surface area contributed by atoms with Crippen molar-refractivity contribution in [1.82, 2.24) is 15.3 Å². The molecular weight excluding hydrogens is 430 g/mol. The summed E-state index contributed by atoms with van der Waals surface area (Å²) in [7, 11) is 6.05. The second-order valence-corrected chi connectivity index (χ2v) is 6.91. The van der Waals surface area contributed by atoms with Crippen LogP contribution in [0.3, 0.4) is 0 Å². The minimum absolute atomic E-state index is 0.0676. The molecule has 0 aliphatic rings. The van der Waals surface area contributed by atoms with E-state index in [4.69, 9.17) is 18.9 Å². The van der Waals surface area contributed by atoms with Gasteiger partial charge >= 0.3 is 0 Å². The van der Waals surface area contributed by atoms with Gasteiger partial charge in [-0.15, -0.1) is 0 Å². The number of aromatic hydroxyl groups is 1. The molecule has 3 N–H and O–H groups in total. The highest BCUT2D eigenvalue weighted by atomic mass is 16.5. The van der Waals surface area contributed by atoms with E-state index in [0.717, 1.165) is 5.56 Å². The molecule has 0 radical (unpaired) electrons. The minimum Gasteiger partial charge on any atom is -0.501 e. The largest absolute Gasteiger partial charge is 0.501 e. The molecular formula is C23H25N3O7. The third kappa shape index (κ3) is 5.17. The lowest BCUT2D eigenvalue weighted by molar-refractivity contribution is 0.0941. The molecule has 1 amide bonds. The first-order chi connectivity index (χ1) is 15.9. The highest BCUT2D eigenvalue weighted by Crippen LogP contribution is 2.31. The standard InChI is InChI=1S/C23H25N3O7/c1-30-15-9-8-13(10-17(15)32-3)11-18-25-19(20(27)23(29)26-18)22(28)24-12-14-6-5-7-16(31-2)21(14)33-4/h5-10,27H,11-12H2,1-4H3,(H,24,28)(H,25,26,29). The molecule has 10 heteroatoms. The third-order valence-electron chi connectivity index (χ3n) is 4.90. The maximum absolute atomic E-state index is 12.7. The molecule has 0 bridgehead atoms. The number of rotatable bonds is 9. The molecule has 0 spiro atoms. The average molecular weight is 455 g/mol. The lowest BCUT2D eigenvalue weighted by Crippen LogP contribution is -2.27. The van der Waals surface area contributed by atoms with Gasteiger partial charge in [-0.3, -0.25) is 9.59 Å². The summed E-state index contributed by atoms with van der Waals surface area (Å²) in [6, 6.07) is 10.5. The Labute approximate surface area is 190 Å². The summed E-state index contributed by atoms with van der Waals surface area (Å²) in [5, 5.41) is 12.8. The molecule has 0 aliphatic heterocycles. The maximum atomic E-state index is 12.7. The first-order valence-electron chi connectivity index (χ1n) is 9.92. The Morgan fingerprint density at radius 3 is 2.39 bits per heavy atom. The molecule has 0 unspecified atom stereocenters. The Hall–Kier alpha value is -4.21. The number of para-hydroxylation sites is 1. The van der Waals surface area contributed by atoms with Gasteiger partial charge in [-0.1, -0.05) is 18.2 Å². The van der Waals surface area contributed by atoms with Gasteiger partial charge in [0.2, 0.25) is 5.75 Å². The molecule has 0 saturated heterocycles. The number of aromatic amines is 1. The fraction of sp³-hybridized carbons (Fsp3) is 0.261. The van der Waals surface area contributed by atoms with Crippen LogP contribution in [0.25, 0.3) is 0 Å². The summed E-state index contributed by atoms with van der Waals surface area (Å²) >= 11 is 0.